The van der Waals surface area contributed by atoms with Crippen LogP contribution in [0.15, 0.2) is 57.8 Å². The van der Waals surface area contributed by atoms with Crippen molar-refractivity contribution in [1.29, 1.82) is 0 Å². The summed E-state index contributed by atoms with van der Waals surface area (Å²) in [5.74, 6) is -0.522. The molecule has 2 aromatic carbocycles. The van der Waals surface area contributed by atoms with E-state index >= 15 is 0 Å². The fraction of sp³-hybridized carbons (Fsp3) is 0.167. The number of carbonyl (C=O) groups excluding carboxylic acids is 1. The van der Waals surface area contributed by atoms with E-state index in [0.29, 0.717) is 17.2 Å². The lowest BCUT2D eigenvalue weighted by molar-refractivity contribution is 0.0977. The molecule has 0 saturated heterocycles. The number of thiocarbonyl (C=S) groups is 1. The van der Waals surface area contributed by atoms with Gasteiger partial charge in [0.05, 0.1) is 4.90 Å². The number of amides is 1. The number of guanidine groups is 1. The van der Waals surface area contributed by atoms with Crippen LogP contribution >= 0.6 is 12.2 Å². The van der Waals surface area contributed by atoms with E-state index in [-0.39, 0.29) is 15.9 Å². The Balaban J connectivity index is 2.01. The third kappa shape index (κ3) is 5.76. The molecule has 0 saturated carbocycles. The van der Waals surface area contributed by atoms with Crippen LogP contribution in [0.3, 0.4) is 0 Å². The second-order valence-electron chi connectivity index (χ2n) is 6.20. The summed E-state index contributed by atoms with van der Waals surface area (Å²) in [6, 6.07) is 12.8. The lowest BCUT2D eigenvalue weighted by Gasteiger charge is -2.11. The van der Waals surface area contributed by atoms with Gasteiger partial charge in [0.1, 0.15) is 0 Å². The van der Waals surface area contributed by atoms with Crippen LogP contribution in [-0.2, 0) is 10.0 Å². The molecule has 8 nitrogen and oxygen atoms in total. The maximum Gasteiger partial charge on any atom is 0.285 e. The Morgan fingerprint density at radius 3 is 2.11 bits per heavy atom. The Kier molecular flexibility index (Phi) is 6.71. The van der Waals surface area contributed by atoms with Gasteiger partial charge in [-0.1, -0.05) is 26.0 Å². The Morgan fingerprint density at radius 1 is 1.04 bits per heavy atom. The summed E-state index contributed by atoms with van der Waals surface area (Å²) in [4.78, 5) is 12.2. The molecular formula is C18H21N5O3S2. The summed E-state index contributed by atoms with van der Waals surface area (Å²) in [6.07, 6.45) is 0. The van der Waals surface area contributed by atoms with Gasteiger partial charge in [0, 0.05) is 11.3 Å². The quantitative estimate of drug-likeness (QED) is 0.330. The number of anilines is 1. The lowest BCUT2D eigenvalue weighted by Crippen LogP contribution is -2.34. The molecule has 0 heterocycles. The number of hydrogen-bond donors (Lipinski definition) is 4. The minimum atomic E-state index is -3.96. The van der Waals surface area contributed by atoms with Gasteiger partial charge in [-0.15, -0.1) is 4.40 Å². The molecule has 0 bridgehead atoms. The van der Waals surface area contributed by atoms with E-state index in [0.717, 1.165) is 5.56 Å². The maximum atomic E-state index is 12.3. The number of nitrogens with zero attached hydrogens (tertiary/aromatic N) is 1. The highest BCUT2D eigenvalue weighted by molar-refractivity contribution is 7.90. The van der Waals surface area contributed by atoms with Crippen LogP contribution in [0.4, 0.5) is 5.69 Å². The summed E-state index contributed by atoms with van der Waals surface area (Å²) >= 11 is 5.13. The molecule has 0 fully saturated rings. The first-order chi connectivity index (χ1) is 13.1. The number of benzene rings is 2. The van der Waals surface area contributed by atoms with Crippen LogP contribution in [0.25, 0.3) is 0 Å². The molecule has 28 heavy (non-hydrogen) atoms. The predicted molar refractivity (Wildman–Crippen MR) is 114 cm³/mol. The van der Waals surface area contributed by atoms with Gasteiger partial charge in [-0.2, -0.15) is 8.42 Å². The summed E-state index contributed by atoms with van der Waals surface area (Å²) in [5.41, 5.74) is 12.3. The number of carbonyl (C=O) groups is 1. The average molecular weight is 420 g/mol. The minimum Gasteiger partial charge on any atom is -0.369 e. The van der Waals surface area contributed by atoms with Gasteiger partial charge in [-0.3, -0.25) is 10.1 Å². The molecule has 2 rings (SSSR count). The first-order valence-electron chi connectivity index (χ1n) is 8.27. The Labute approximate surface area is 169 Å². The standard InChI is InChI=1S/C18H21N5O3S2/c1-11(2)12-3-5-13(6-4-12)16(24)22-18(27)21-14-7-9-15(10-8-14)28(25,26)23-17(19)20/h3-11H,1-2H3,(H4,19,20,23)(H2,21,22,24,27). The highest BCUT2D eigenvalue weighted by Gasteiger charge is 2.13. The molecule has 2 aromatic rings. The highest BCUT2D eigenvalue weighted by atomic mass is 32.2. The van der Waals surface area contributed by atoms with E-state index in [1.807, 2.05) is 12.1 Å². The zero-order chi connectivity index (χ0) is 20.9. The van der Waals surface area contributed by atoms with Crippen molar-refractivity contribution in [1.82, 2.24) is 5.32 Å². The van der Waals surface area contributed by atoms with Crippen LogP contribution in [0.5, 0.6) is 0 Å². The number of nitrogens with one attached hydrogen (secondary N) is 2. The Bertz CT molecular complexity index is 995. The molecule has 0 aliphatic rings. The van der Waals surface area contributed by atoms with Crippen molar-refractivity contribution in [3.8, 4) is 0 Å². The number of sulfonamides is 1. The minimum absolute atomic E-state index is 0.0772. The highest BCUT2D eigenvalue weighted by Crippen LogP contribution is 2.17. The molecule has 0 aliphatic carbocycles. The monoisotopic (exact) mass is 419 g/mol. The zero-order valence-corrected chi connectivity index (χ0v) is 17.0. The van der Waals surface area contributed by atoms with Crippen molar-refractivity contribution >= 4 is 44.9 Å². The second-order valence-corrected chi connectivity index (χ2v) is 8.21. The topological polar surface area (TPSA) is 140 Å². The zero-order valence-electron chi connectivity index (χ0n) is 15.3. The Morgan fingerprint density at radius 2 is 1.61 bits per heavy atom. The largest absolute Gasteiger partial charge is 0.369 e. The molecule has 0 aliphatic heterocycles. The van der Waals surface area contributed by atoms with E-state index < -0.39 is 16.0 Å². The van der Waals surface area contributed by atoms with E-state index in [2.05, 4.69) is 28.9 Å². The fourth-order valence-electron chi connectivity index (χ4n) is 2.26. The van der Waals surface area contributed by atoms with E-state index in [9.17, 15) is 13.2 Å². The summed E-state index contributed by atoms with van der Waals surface area (Å²) in [6.45, 7) is 4.14. The van der Waals surface area contributed by atoms with Crippen molar-refractivity contribution in [2.75, 3.05) is 5.32 Å². The van der Waals surface area contributed by atoms with Gasteiger partial charge in [0.15, 0.2) is 5.11 Å². The van der Waals surface area contributed by atoms with E-state index in [1.54, 1.807) is 12.1 Å². The van der Waals surface area contributed by atoms with E-state index in [4.69, 9.17) is 23.7 Å². The van der Waals surface area contributed by atoms with Crippen molar-refractivity contribution < 1.29 is 13.2 Å². The maximum absolute atomic E-state index is 12.3. The summed E-state index contributed by atoms with van der Waals surface area (Å²) in [7, 11) is -3.96. The van der Waals surface area contributed by atoms with Crippen LogP contribution in [0.1, 0.15) is 35.7 Å². The van der Waals surface area contributed by atoms with Crippen molar-refractivity contribution in [2.45, 2.75) is 24.7 Å². The third-order valence-electron chi connectivity index (χ3n) is 3.70. The first kappa shape index (κ1) is 21.3. The van der Waals surface area contributed by atoms with Crippen molar-refractivity contribution in [3.05, 3.63) is 59.7 Å². The predicted octanol–water partition coefficient (Wildman–Crippen LogP) is 1.90. The van der Waals surface area contributed by atoms with Gasteiger partial charge in [-0.25, -0.2) is 0 Å². The van der Waals surface area contributed by atoms with Crippen molar-refractivity contribution in [3.63, 3.8) is 0 Å². The normalized spacial score (nSPS) is 11.0. The molecule has 148 valence electrons. The van der Waals surface area contributed by atoms with Crippen LogP contribution in [-0.4, -0.2) is 25.4 Å². The first-order valence-corrected chi connectivity index (χ1v) is 10.1. The molecule has 1 amide bonds. The molecule has 0 radical (unpaired) electrons. The molecular weight excluding hydrogens is 398 g/mol. The number of rotatable bonds is 5. The van der Waals surface area contributed by atoms with E-state index in [1.165, 1.54) is 24.3 Å². The third-order valence-corrected chi connectivity index (χ3v) is 5.23. The van der Waals surface area contributed by atoms with Gasteiger partial charge < -0.3 is 16.8 Å². The number of nitrogens with two attached hydrogens (primary N) is 2. The van der Waals surface area contributed by atoms with Gasteiger partial charge >= 0.3 is 0 Å². The fourth-order valence-corrected chi connectivity index (χ4v) is 3.33. The molecule has 0 aromatic heterocycles. The van der Waals surface area contributed by atoms with Crippen LogP contribution < -0.4 is 22.1 Å². The molecule has 10 heteroatoms. The molecule has 0 unspecified atom stereocenters. The Hall–Kier alpha value is -2.98. The second kappa shape index (κ2) is 8.81. The smallest absolute Gasteiger partial charge is 0.285 e. The number of hydrogen-bond acceptors (Lipinski definition) is 4. The molecule has 6 N–H and O–H groups in total. The SMILES string of the molecule is CC(C)c1ccc(C(=O)NC(=S)Nc2ccc(S(=O)(=O)N=C(N)N)cc2)cc1. The van der Waals surface area contributed by atoms with Gasteiger partial charge in [0.2, 0.25) is 5.96 Å². The average Bonchev–Trinajstić information content (AvgIpc) is 2.61. The van der Waals surface area contributed by atoms with Crippen LogP contribution in [0.2, 0.25) is 0 Å². The van der Waals surface area contributed by atoms with Crippen LogP contribution in [0, 0.1) is 0 Å². The molecule has 0 spiro atoms. The molecule has 0 atom stereocenters. The lowest BCUT2D eigenvalue weighted by atomic mass is 10.0. The van der Waals surface area contributed by atoms with Gasteiger partial charge in [-0.05, 0) is 60.1 Å². The van der Waals surface area contributed by atoms with Crippen molar-refractivity contribution in [2.24, 2.45) is 15.9 Å². The van der Waals surface area contributed by atoms with Gasteiger partial charge in [0.25, 0.3) is 15.9 Å². The summed E-state index contributed by atoms with van der Waals surface area (Å²) in [5, 5.41) is 5.46. The summed E-state index contributed by atoms with van der Waals surface area (Å²) < 4.78 is 27.0.